The summed E-state index contributed by atoms with van der Waals surface area (Å²) in [6.07, 6.45) is 0. The van der Waals surface area contributed by atoms with Gasteiger partial charge in [-0.2, -0.15) is 5.10 Å². The van der Waals surface area contributed by atoms with Gasteiger partial charge in [0.15, 0.2) is 5.69 Å². The van der Waals surface area contributed by atoms with Crippen molar-refractivity contribution in [2.75, 3.05) is 5.32 Å². The maximum atomic E-state index is 12.4. The number of hydrogen-bond donors (Lipinski definition) is 2. The molecule has 0 saturated carbocycles. The first-order valence-electron chi connectivity index (χ1n) is 7.57. The molecule has 0 fully saturated rings. The van der Waals surface area contributed by atoms with E-state index in [-0.39, 0.29) is 11.6 Å². The van der Waals surface area contributed by atoms with Crippen molar-refractivity contribution in [1.82, 2.24) is 30.4 Å². The molecule has 0 saturated heterocycles. The second kappa shape index (κ2) is 6.36. The lowest BCUT2D eigenvalue weighted by molar-refractivity contribution is 0.102. The molecular formula is C17H13N7O. The van der Waals surface area contributed by atoms with E-state index in [2.05, 4.69) is 31.0 Å². The van der Waals surface area contributed by atoms with E-state index < -0.39 is 5.91 Å². The fraction of sp³-hybridized carbons (Fsp3) is 0. The summed E-state index contributed by atoms with van der Waals surface area (Å²) in [5.74, 6) is -0.231. The maximum absolute atomic E-state index is 12.4. The molecule has 2 heterocycles. The quantitative estimate of drug-likeness (QED) is 0.597. The highest BCUT2D eigenvalue weighted by Gasteiger charge is 2.17. The Morgan fingerprint density at radius 3 is 2.40 bits per heavy atom. The van der Waals surface area contributed by atoms with Crippen LogP contribution >= 0.6 is 0 Å². The standard InChI is InChI=1S/C17H13N7O/c25-16(18-17-19-22-23-20-17)14-11-15(12-7-3-1-4-8-12)24(21-14)13-9-5-2-6-10-13/h1-11H,(H2,18,19,20,22,23,25). The number of para-hydroxylation sites is 1. The predicted molar refractivity (Wildman–Crippen MR) is 91.1 cm³/mol. The van der Waals surface area contributed by atoms with Gasteiger partial charge in [-0.15, -0.1) is 0 Å². The van der Waals surface area contributed by atoms with Crippen molar-refractivity contribution in [1.29, 1.82) is 0 Å². The van der Waals surface area contributed by atoms with Crippen LogP contribution in [0.1, 0.15) is 10.5 Å². The molecule has 0 atom stereocenters. The van der Waals surface area contributed by atoms with Gasteiger partial charge in [-0.1, -0.05) is 53.6 Å². The molecule has 8 nitrogen and oxygen atoms in total. The summed E-state index contributed by atoms with van der Waals surface area (Å²) in [6.45, 7) is 0. The van der Waals surface area contributed by atoms with Crippen LogP contribution < -0.4 is 5.32 Å². The number of amides is 1. The van der Waals surface area contributed by atoms with E-state index in [9.17, 15) is 4.79 Å². The van der Waals surface area contributed by atoms with Crippen LogP contribution in [0.3, 0.4) is 0 Å². The monoisotopic (exact) mass is 331 g/mol. The van der Waals surface area contributed by atoms with E-state index in [0.717, 1.165) is 16.9 Å². The van der Waals surface area contributed by atoms with E-state index >= 15 is 0 Å². The molecule has 1 amide bonds. The summed E-state index contributed by atoms with van der Waals surface area (Å²) in [4.78, 5) is 12.4. The molecule has 4 aromatic rings. The molecule has 0 aliphatic carbocycles. The molecule has 0 aliphatic heterocycles. The fourth-order valence-electron chi connectivity index (χ4n) is 2.46. The van der Waals surface area contributed by atoms with Crippen molar-refractivity contribution in [3.63, 3.8) is 0 Å². The largest absolute Gasteiger partial charge is 0.288 e. The lowest BCUT2D eigenvalue weighted by atomic mass is 10.1. The maximum Gasteiger partial charge on any atom is 0.278 e. The van der Waals surface area contributed by atoms with Gasteiger partial charge in [0.1, 0.15) is 0 Å². The predicted octanol–water partition coefficient (Wildman–Crippen LogP) is 2.30. The van der Waals surface area contributed by atoms with Gasteiger partial charge in [0, 0.05) is 5.56 Å². The normalized spacial score (nSPS) is 10.6. The number of H-pyrrole nitrogens is 1. The summed E-state index contributed by atoms with van der Waals surface area (Å²) < 4.78 is 1.74. The lowest BCUT2D eigenvalue weighted by Gasteiger charge is -2.07. The van der Waals surface area contributed by atoms with Gasteiger partial charge in [0.2, 0.25) is 5.95 Å². The zero-order valence-corrected chi connectivity index (χ0v) is 13.0. The SMILES string of the molecule is O=C(Nc1nnn[nH]1)c1cc(-c2ccccc2)n(-c2ccccc2)n1. The minimum Gasteiger partial charge on any atom is -0.288 e. The smallest absolute Gasteiger partial charge is 0.278 e. The van der Waals surface area contributed by atoms with Gasteiger partial charge < -0.3 is 0 Å². The van der Waals surface area contributed by atoms with Crippen LogP contribution in [0.15, 0.2) is 66.7 Å². The van der Waals surface area contributed by atoms with Crippen LogP contribution in [0.5, 0.6) is 0 Å². The van der Waals surface area contributed by atoms with Gasteiger partial charge in [-0.25, -0.2) is 9.78 Å². The molecule has 8 heteroatoms. The third-order valence-electron chi connectivity index (χ3n) is 3.59. The Bertz CT molecular complexity index is 922. The number of nitrogens with zero attached hydrogens (tertiary/aromatic N) is 5. The highest BCUT2D eigenvalue weighted by Crippen LogP contribution is 2.24. The van der Waals surface area contributed by atoms with Crippen molar-refractivity contribution in [2.24, 2.45) is 0 Å². The minimum absolute atomic E-state index is 0.167. The Labute approximate surface area is 142 Å². The zero-order valence-electron chi connectivity index (χ0n) is 13.0. The molecule has 0 aliphatic rings. The van der Waals surface area contributed by atoms with Gasteiger partial charge in [0.25, 0.3) is 5.91 Å². The number of carbonyl (C=O) groups is 1. The van der Waals surface area contributed by atoms with Crippen molar-refractivity contribution in [3.05, 3.63) is 72.4 Å². The number of carbonyl (C=O) groups excluding carboxylic acids is 1. The van der Waals surface area contributed by atoms with Crippen LogP contribution in [-0.2, 0) is 0 Å². The average molecular weight is 331 g/mol. The van der Waals surface area contributed by atoms with Crippen LogP contribution in [0.25, 0.3) is 16.9 Å². The van der Waals surface area contributed by atoms with Crippen molar-refractivity contribution < 1.29 is 4.79 Å². The molecule has 2 N–H and O–H groups in total. The van der Waals surface area contributed by atoms with Gasteiger partial charge in [-0.3, -0.25) is 10.1 Å². The molecule has 0 unspecified atom stereocenters. The number of tetrazole rings is 1. The van der Waals surface area contributed by atoms with Crippen LogP contribution in [-0.4, -0.2) is 36.3 Å². The third-order valence-corrected chi connectivity index (χ3v) is 3.59. The topological polar surface area (TPSA) is 101 Å². The van der Waals surface area contributed by atoms with Gasteiger partial charge in [-0.05, 0) is 28.6 Å². The summed E-state index contributed by atoms with van der Waals surface area (Å²) in [5, 5.41) is 20.0. The molecule has 0 spiro atoms. The third kappa shape index (κ3) is 3.00. The Morgan fingerprint density at radius 1 is 1.00 bits per heavy atom. The Balaban J connectivity index is 1.77. The molecular weight excluding hydrogens is 318 g/mol. The number of anilines is 1. The summed E-state index contributed by atoms with van der Waals surface area (Å²) in [6, 6.07) is 21.1. The second-order valence-corrected chi connectivity index (χ2v) is 5.23. The fourth-order valence-corrected chi connectivity index (χ4v) is 2.46. The van der Waals surface area contributed by atoms with Gasteiger partial charge >= 0.3 is 0 Å². The van der Waals surface area contributed by atoms with E-state index in [0.29, 0.717) is 0 Å². The molecule has 25 heavy (non-hydrogen) atoms. The van der Waals surface area contributed by atoms with Crippen LogP contribution in [0.2, 0.25) is 0 Å². The minimum atomic E-state index is -0.398. The number of nitrogens with one attached hydrogen (secondary N) is 2. The van der Waals surface area contributed by atoms with Crippen LogP contribution in [0, 0.1) is 0 Å². The molecule has 0 bridgehead atoms. The number of aromatic amines is 1. The molecule has 0 radical (unpaired) electrons. The van der Waals surface area contributed by atoms with Crippen molar-refractivity contribution >= 4 is 11.9 Å². The average Bonchev–Trinajstić information content (AvgIpc) is 3.33. The van der Waals surface area contributed by atoms with E-state index in [4.69, 9.17) is 0 Å². The first kappa shape index (κ1) is 14.8. The van der Waals surface area contributed by atoms with Crippen molar-refractivity contribution in [3.8, 4) is 16.9 Å². The summed E-state index contributed by atoms with van der Waals surface area (Å²) in [7, 11) is 0. The molecule has 4 rings (SSSR count). The number of aromatic nitrogens is 6. The van der Waals surface area contributed by atoms with E-state index in [1.165, 1.54) is 0 Å². The van der Waals surface area contributed by atoms with E-state index in [1.54, 1.807) is 10.7 Å². The Morgan fingerprint density at radius 2 is 1.72 bits per heavy atom. The Hall–Kier alpha value is -3.81. The number of hydrogen-bond acceptors (Lipinski definition) is 5. The van der Waals surface area contributed by atoms with E-state index in [1.807, 2.05) is 60.7 Å². The highest BCUT2D eigenvalue weighted by atomic mass is 16.2. The van der Waals surface area contributed by atoms with Gasteiger partial charge in [0.05, 0.1) is 11.4 Å². The zero-order chi connectivity index (χ0) is 17.1. The molecule has 122 valence electrons. The second-order valence-electron chi connectivity index (χ2n) is 5.23. The van der Waals surface area contributed by atoms with Crippen molar-refractivity contribution in [2.45, 2.75) is 0 Å². The Kier molecular flexibility index (Phi) is 3.76. The number of benzene rings is 2. The number of rotatable bonds is 4. The first-order chi connectivity index (χ1) is 12.3. The highest BCUT2D eigenvalue weighted by molar-refractivity contribution is 6.02. The molecule has 2 aromatic carbocycles. The first-order valence-corrected chi connectivity index (χ1v) is 7.57. The van der Waals surface area contributed by atoms with Crippen LogP contribution in [0.4, 0.5) is 5.95 Å². The lowest BCUT2D eigenvalue weighted by Crippen LogP contribution is -2.14. The summed E-state index contributed by atoms with van der Waals surface area (Å²) in [5.41, 5.74) is 2.90. The summed E-state index contributed by atoms with van der Waals surface area (Å²) >= 11 is 0. The molecule has 2 aromatic heterocycles.